The number of benzene rings is 1. The van der Waals surface area contributed by atoms with Crippen LogP contribution in [0.3, 0.4) is 0 Å². The van der Waals surface area contributed by atoms with Crippen LogP contribution in [0.1, 0.15) is 5.56 Å². The van der Waals surface area contributed by atoms with Crippen molar-refractivity contribution < 1.29 is 22.8 Å². The van der Waals surface area contributed by atoms with E-state index in [1.165, 1.54) is 38.4 Å². The summed E-state index contributed by atoms with van der Waals surface area (Å²) in [5.41, 5.74) is -1.42. The molecule has 0 bridgehead atoms. The van der Waals surface area contributed by atoms with Crippen molar-refractivity contribution in [1.29, 1.82) is 0 Å². The standard InChI is InChI=1S/C11H11F3N2O2/c1-16(2)10(17)18-15-9(11(12,13)14)8-6-4-3-5-7-8/h3-7H,1-2H3/b15-9-. The van der Waals surface area contributed by atoms with E-state index in [1.54, 1.807) is 6.07 Å². The van der Waals surface area contributed by atoms with E-state index in [9.17, 15) is 18.0 Å². The van der Waals surface area contributed by atoms with Crippen LogP contribution in [0.2, 0.25) is 0 Å². The van der Waals surface area contributed by atoms with Gasteiger partial charge in [0.1, 0.15) is 0 Å². The number of rotatable bonds is 2. The second-order valence-electron chi connectivity index (χ2n) is 3.56. The number of halogens is 3. The molecule has 1 amide bonds. The van der Waals surface area contributed by atoms with E-state index in [1.807, 2.05) is 0 Å². The normalized spacial score (nSPS) is 12.2. The Morgan fingerprint density at radius 1 is 1.22 bits per heavy atom. The zero-order chi connectivity index (χ0) is 13.8. The van der Waals surface area contributed by atoms with Crippen molar-refractivity contribution in [1.82, 2.24) is 4.90 Å². The van der Waals surface area contributed by atoms with E-state index in [4.69, 9.17) is 0 Å². The lowest BCUT2D eigenvalue weighted by Crippen LogP contribution is -2.27. The zero-order valence-corrected chi connectivity index (χ0v) is 9.73. The van der Waals surface area contributed by atoms with Crippen molar-refractivity contribution in [2.24, 2.45) is 5.16 Å². The molecule has 7 heteroatoms. The highest BCUT2D eigenvalue weighted by Crippen LogP contribution is 2.22. The van der Waals surface area contributed by atoms with E-state index in [0.29, 0.717) is 0 Å². The lowest BCUT2D eigenvalue weighted by molar-refractivity contribution is -0.0604. The fourth-order valence-corrected chi connectivity index (χ4v) is 1.03. The van der Waals surface area contributed by atoms with Gasteiger partial charge in [-0.3, -0.25) is 4.84 Å². The highest BCUT2D eigenvalue weighted by atomic mass is 19.4. The molecule has 0 heterocycles. The zero-order valence-electron chi connectivity index (χ0n) is 9.73. The second kappa shape index (κ2) is 5.52. The molecule has 0 saturated heterocycles. The number of hydrogen-bond acceptors (Lipinski definition) is 3. The summed E-state index contributed by atoms with van der Waals surface area (Å²) in [6.07, 6.45) is -5.68. The third-order valence-corrected chi connectivity index (χ3v) is 1.90. The van der Waals surface area contributed by atoms with Crippen molar-refractivity contribution in [2.45, 2.75) is 6.18 Å². The molecule has 0 fully saturated rings. The summed E-state index contributed by atoms with van der Waals surface area (Å²) < 4.78 is 38.2. The molecule has 0 spiro atoms. The third-order valence-electron chi connectivity index (χ3n) is 1.90. The molecular formula is C11H11F3N2O2. The molecular weight excluding hydrogens is 249 g/mol. The van der Waals surface area contributed by atoms with Crippen molar-refractivity contribution in [3.05, 3.63) is 35.9 Å². The summed E-state index contributed by atoms with van der Waals surface area (Å²) in [5, 5.41) is 2.89. The van der Waals surface area contributed by atoms with Crippen LogP contribution in [0, 0.1) is 0 Å². The van der Waals surface area contributed by atoms with Crippen LogP contribution in [-0.2, 0) is 4.84 Å². The molecule has 0 saturated carbocycles. The molecule has 98 valence electrons. The third kappa shape index (κ3) is 3.76. The minimum Gasteiger partial charge on any atom is -0.312 e. The molecule has 0 atom stereocenters. The highest BCUT2D eigenvalue weighted by Gasteiger charge is 2.38. The lowest BCUT2D eigenvalue weighted by Gasteiger charge is -2.11. The quantitative estimate of drug-likeness (QED) is 0.466. The van der Waals surface area contributed by atoms with Gasteiger partial charge >= 0.3 is 12.3 Å². The molecule has 18 heavy (non-hydrogen) atoms. The van der Waals surface area contributed by atoms with Gasteiger partial charge in [0.2, 0.25) is 0 Å². The van der Waals surface area contributed by atoms with Crippen LogP contribution < -0.4 is 0 Å². The van der Waals surface area contributed by atoms with Crippen LogP contribution in [-0.4, -0.2) is 37.0 Å². The SMILES string of the molecule is CN(C)C(=O)O/N=C(/c1ccccc1)C(F)(F)F. The summed E-state index contributed by atoms with van der Waals surface area (Å²) in [4.78, 5) is 16.2. The number of nitrogens with zero attached hydrogens (tertiary/aromatic N) is 2. The topological polar surface area (TPSA) is 41.9 Å². The van der Waals surface area contributed by atoms with E-state index < -0.39 is 18.0 Å². The number of carbonyl (C=O) groups is 1. The Morgan fingerprint density at radius 3 is 2.22 bits per heavy atom. The van der Waals surface area contributed by atoms with Crippen molar-refractivity contribution in [3.8, 4) is 0 Å². The average molecular weight is 260 g/mol. The van der Waals surface area contributed by atoms with E-state index >= 15 is 0 Å². The van der Waals surface area contributed by atoms with Gasteiger partial charge in [0.25, 0.3) is 0 Å². The van der Waals surface area contributed by atoms with Gasteiger partial charge in [-0.25, -0.2) is 4.79 Å². The number of oxime groups is 1. The average Bonchev–Trinajstić information content (AvgIpc) is 2.28. The monoisotopic (exact) mass is 260 g/mol. The van der Waals surface area contributed by atoms with Gasteiger partial charge < -0.3 is 4.90 Å². The number of carbonyl (C=O) groups excluding carboxylic acids is 1. The maximum Gasteiger partial charge on any atom is 0.437 e. The van der Waals surface area contributed by atoms with Crippen LogP contribution >= 0.6 is 0 Å². The van der Waals surface area contributed by atoms with E-state index in [-0.39, 0.29) is 5.56 Å². The fourth-order valence-electron chi connectivity index (χ4n) is 1.03. The van der Waals surface area contributed by atoms with Crippen LogP contribution in [0.4, 0.5) is 18.0 Å². The van der Waals surface area contributed by atoms with E-state index in [2.05, 4.69) is 9.99 Å². The van der Waals surface area contributed by atoms with E-state index in [0.717, 1.165) is 4.90 Å². The Kier molecular flexibility index (Phi) is 4.30. The van der Waals surface area contributed by atoms with Gasteiger partial charge in [-0.1, -0.05) is 35.5 Å². The molecule has 0 aliphatic heterocycles. The first-order chi connectivity index (χ1) is 8.32. The maximum atomic E-state index is 12.7. The fraction of sp³-hybridized carbons (Fsp3) is 0.273. The molecule has 1 aromatic carbocycles. The first-order valence-electron chi connectivity index (χ1n) is 4.91. The number of amides is 1. The van der Waals surface area contributed by atoms with Gasteiger partial charge in [-0.05, 0) is 0 Å². The van der Waals surface area contributed by atoms with Gasteiger partial charge in [0, 0.05) is 19.7 Å². The van der Waals surface area contributed by atoms with Crippen molar-refractivity contribution in [3.63, 3.8) is 0 Å². The summed E-state index contributed by atoms with van der Waals surface area (Å²) in [7, 11) is 2.68. The maximum absolute atomic E-state index is 12.7. The molecule has 0 aromatic heterocycles. The summed E-state index contributed by atoms with van der Waals surface area (Å²) >= 11 is 0. The van der Waals surface area contributed by atoms with Crippen LogP contribution in [0.5, 0.6) is 0 Å². The largest absolute Gasteiger partial charge is 0.437 e. The minimum atomic E-state index is -4.70. The second-order valence-corrected chi connectivity index (χ2v) is 3.56. The number of hydrogen-bond donors (Lipinski definition) is 0. The molecule has 0 N–H and O–H groups in total. The minimum absolute atomic E-state index is 0.170. The summed E-state index contributed by atoms with van der Waals surface area (Å²) in [6.45, 7) is 0. The molecule has 4 nitrogen and oxygen atoms in total. The van der Waals surface area contributed by atoms with Crippen LogP contribution in [0.15, 0.2) is 35.5 Å². The lowest BCUT2D eigenvalue weighted by atomic mass is 10.1. The predicted molar refractivity (Wildman–Crippen MR) is 59.2 cm³/mol. The Hall–Kier alpha value is -2.05. The molecule has 1 aromatic rings. The van der Waals surface area contributed by atoms with Gasteiger partial charge in [0.05, 0.1) is 0 Å². The smallest absolute Gasteiger partial charge is 0.312 e. The first kappa shape index (κ1) is 14.0. The molecule has 0 aliphatic carbocycles. The molecule has 0 unspecified atom stereocenters. The first-order valence-corrected chi connectivity index (χ1v) is 4.91. The Labute approximate surface area is 102 Å². The molecule has 0 radical (unpaired) electrons. The van der Waals surface area contributed by atoms with Crippen molar-refractivity contribution in [2.75, 3.05) is 14.1 Å². The van der Waals surface area contributed by atoms with Gasteiger partial charge in [0.15, 0.2) is 5.71 Å². The number of alkyl halides is 3. The predicted octanol–water partition coefficient (Wildman–Crippen LogP) is 2.65. The Bertz CT molecular complexity index is 441. The molecule has 1 rings (SSSR count). The van der Waals surface area contributed by atoms with Gasteiger partial charge in [-0.2, -0.15) is 13.2 Å². The van der Waals surface area contributed by atoms with Gasteiger partial charge in [-0.15, -0.1) is 0 Å². The Morgan fingerprint density at radius 2 is 1.78 bits per heavy atom. The summed E-state index contributed by atoms with van der Waals surface area (Å²) in [6, 6.07) is 6.91. The molecule has 0 aliphatic rings. The summed E-state index contributed by atoms with van der Waals surface area (Å²) in [5.74, 6) is 0. The highest BCUT2D eigenvalue weighted by molar-refractivity contribution is 6.04. The van der Waals surface area contributed by atoms with Crippen LogP contribution in [0.25, 0.3) is 0 Å². The van der Waals surface area contributed by atoms with Crippen molar-refractivity contribution >= 4 is 11.8 Å². The Balaban J connectivity index is 3.01.